The Bertz CT molecular complexity index is 1040. The number of methoxy groups -OCH3 is 1. The average molecular weight is 410 g/mol. The maximum absolute atomic E-state index is 11.3. The topological polar surface area (TPSA) is 149 Å². The summed E-state index contributed by atoms with van der Waals surface area (Å²) in [7, 11) is -3.10. The van der Waals surface area contributed by atoms with Gasteiger partial charge in [0, 0.05) is 18.2 Å². The number of aryl methyl sites for hydroxylation is 1. The summed E-state index contributed by atoms with van der Waals surface area (Å²) in [5.41, 5.74) is 2.74. The molecule has 2 N–H and O–H groups in total. The molecule has 1 aromatic carbocycles. The number of anilines is 1. The number of ether oxygens (including phenoxy) is 2. The second-order valence-corrected chi connectivity index (χ2v) is 6.91. The summed E-state index contributed by atoms with van der Waals surface area (Å²) in [6, 6.07) is 5.02. The zero-order valence-electron chi connectivity index (χ0n) is 14.1. The quantitative estimate of drug-likeness (QED) is 0.434. The van der Waals surface area contributed by atoms with Crippen LogP contribution in [0.2, 0.25) is 0 Å². The molecule has 0 amide bonds. The van der Waals surface area contributed by atoms with Gasteiger partial charge in [-0.25, -0.2) is 14.7 Å². The van der Waals surface area contributed by atoms with Crippen LogP contribution in [0.15, 0.2) is 23.7 Å². The van der Waals surface area contributed by atoms with E-state index in [2.05, 4.69) is 24.5 Å². The molecule has 0 atom stereocenters. The molecule has 11 nitrogen and oxygen atoms in total. The van der Waals surface area contributed by atoms with Crippen molar-refractivity contribution >= 4 is 27.7 Å². The third-order valence-corrected chi connectivity index (χ3v) is 4.14. The zero-order valence-corrected chi connectivity index (χ0v) is 15.8. The molecular weight excluding hydrogens is 396 g/mol. The molecule has 13 heteroatoms. The molecule has 0 aliphatic carbocycles. The highest BCUT2D eigenvalue weighted by Gasteiger charge is 2.19. The molecule has 0 fully saturated rings. The van der Waals surface area contributed by atoms with E-state index >= 15 is 0 Å². The van der Waals surface area contributed by atoms with E-state index in [9.17, 15) is 8.42 Å². The molecule has 0 aliphatic rings. The molecule has 3 aromatic rings. The van der Waals surface area contributed by atoms with Crippen molar-refractivity contribution in [2.24, 2.45) is 0 Å². The normalized spacial score (nSPS) is 11.4. The summed E-state index contributed by atoms with van der Waals surface area (Å²) >= 11 is 1.21. The van der Waals surface area contributed by atoms with Crippen LogP contribution in [0.1, 0.15) is 5.82 Å². The number of benzene rings is 1. The van der Waals surface area contributed by atoms with E-state index < -0.39 is 10.3 Å². The summed E-state index contributed by atoms with van der Waals surface area (Å²) in [4.78, 5) is 8.14. The summed E-state index contributed by atoms with van der Waals surface area (Å²) in [5, 5.41) is 7.85. The van der Waals surface area contributed by atoms with Gasteiger partial charge in [0.25, 0.3) is 0 Å². The lowest BCUT2D eigenvalue weighted by atomic mass is 10.1. The zero-order chi connectivity index (χ0) is 19.4. The molecule has 0 saturated heterocycles. The van der Waals surface area contributed by atoms with Crippen LogP contribution < -0.4 is 9.46 Å². The fourth-order valence-electron chi connectivity index (χ4n) is 2.18. The number of nitrogens with zero attached hydrogens (tertiary/aromatic N) is 5. The fourth-order valence-corrected chi connectivity index (χ4v) is 3.01. The van der Waals surface area contributed by atoms with Gasteiger partial charge in [0.1, 0.15) is 22.8 Å². The minimum atomic E-state index is -4.56. The van der Waals surface area contributed by atoms with Gasteiger partial charge in [-0.15, -0.1) is 10.2 Å². The van der Waals surface area contributed by atoms with Crippen molar-refractivity contribution in [3.8, 4) is 28.4 Å². The predicted octanol–water partition coefficient (Wildman–Crippen LogP) is 1.56. The maximum atomic E-state index is 11.3. The number of aromatic nitrogens is 5. The van der Waals surface area contributed by atoms with E-state index in [-0.39, 0.29) is 24.1 Å². The standard InChI is InChI=1S/C14H14N6O5S2/c1-8-16-14(20-27(21,22)23)12(18-17-8)10-4-3-9(13-15-6-26-19-13)5-11(10)25-7-24-2/h3-6H,7H2,1-2H3,(H,16,17,20)(H,21,22,23). The maximum Gasteiger partial charge on any atom is 0.358 e. The molecule has 0 radical (unpaired) electrons. The Hall–Kier alpha value is -2.74. The van der Waals surface area contributed by atoms with Crippen molar-refractivity contribution < 1.29 is 22.4 Å². The Balaban J connectivity index is 2.13. The van der Waals surface area contributed by atoms with Crippen molar-refractivity contribution in [1.82, 2.24) is 24.5 Å². The Morgan fingerprint density at radius 3 is 2.78 bits per heavy atom. The van der Waals surface area contributed by atoms with Crippen molar-refractivity contribution in [1.29, 1.82) is 0 Å². The smallest absolute Gasteiger partial charge is 0.358 e. The van der Waals surface area contributed by atoms with Gasteiger partial charge in [-0.05, 0) is 30.6 Å². The molecule has 27 heavy (non-hydrogen) atoms. The molecule has 3 rings (SSSR count). The van der Waals surface area contributed by atoms with Crippen LogP contribution in [0.5, 0.6) is 5.75 Å². The summed E-state index contributed by atoms with van der Waals surface area (Å²) < 4.78 is 48.2. The Morgan fingerprint density at radius 1 is 1.30 bits per heavy atom. The number of nitrogens with one attached hydrogen (secondary N) is 1. The predicted molar refractivity (Wildman–Crippen MR) is 96.6 cm³/mol. The van der Waals surface area contributed by atoms with Gasteiger partial charge in [-0.3, -0.25) is 4.55 Å². The second-order valence-electron chi connectivity index (χ2n) is 5.15. The highest BCUT2D eigenvalue weighted by atomic mass is 32.2. The molecule has 0 saturated carbocycles. The second kappa shape index (κ2) is 7.87. The van der Waals surface area contributed by atoms with Gasteiger partial charge >= 0.3 is 10.3 Å². The third-order valence-electron chi connectivity index (χ3n) is 3.21. The first kappa shape index (κ1) is 19.0. The molecule has 2 aromatic heterocycles. The van der Waals surface area contributed by atoms with Gasteiger partial charge in [0.15, 0.2) is 18.4 Å². The van der Waals surface area contributed by atoms with E-state index in [0.717, 1.165) is 0 Å². The first-order valence-corrected chi connectivity index (χ1v) is 9.64. The van der Waals surface area contributed by atoms with Crippen molar-refractivity contribution in [2.75, 3.05) is 18.6 Å². The van der Waals surface area contributed by atoms with E-state index in [0.29, 0.717) is 22.7 Å². The van der Waals surface area contributed by atoms with Crippen LogP contribution in [0.4, 0.5) is 5.82 Å². The largest absolute Gasteiger partial charge is 0.467 e. The van der Waals surface area contributed by atoms with E-state index in [4.69, 9.17) is 14.0 Å². The first-order valence-electron chi connectivity index (χ1n) is 7.37. The van der Waals surface area contributed by atoms with Crippen molar-refractivity contribution in [3.63, 3.8) is 0 Å². The Kier molecular flexibility index (Phi) is 5.55. The van der Waals surface area contributed by atoms with E-state index in [1.807, 2.05) is 4.72 Å². The Morgan fingerprint density at radius 2 is 2.11 bits per heavy atom. The molecule has 0 bridgehead atoms. The van der Waals surface area contributed by atoms with Crippen LogP contribution in [-0.2, 0) is 15.0 Å². The highest BCUT2D eigenvalue weighted by Crippen LogP contribution is 2.35. The van der Waals surface area contributed by atoms with Crippen molar-refractivity contribution in [3.05, 3.63) is 29.5 Å². The van der Waals surface area contributed by atoms with Crippen LogP contribution in [0.3, 0.4) is 0 Å². The molecule has 0 unspecified atom stereocenters. The number of hydrogen-bond acceptors (Lipinski definition) is 10. The average Bonchev–Trinajstić information content (AvgIpc) is 3.13. The van der Waals surface area contributed by atoms with Crippen LogP contribution in [0, 0.1) is 6.92 Å². The van der Waals surface area contributed by atoms with Gasteiger partial charge in [0.05, 0.1) is 0 Å². The van der Waals surface area contributed by atoms with E-state index in [1.165, 1.54) is 25.6 Å². The Labute approximate surface area is 158 Å². The SMILES string of the molecule is COCOc1cc(-c2ncsn2)ccc1-c1nnc(C)nc1NS(=O)(=O)O. The summed E-state index contributed by atoms with van der Waals surface area (Å²) in [6.45, 7) is 1.47. The monoisotopic (exact) mass is 410 g/mol. The molecular formula is C14H14N6O5S2. The van der Waals surface area contributed by atoms with Gasteiger partial charge in [0.2, 0.25) is 0 Å². The van der Waals surface area contributed by atoms with Crippen molar-refractivity contribution in [2.45, 2.75) is 6.92 Å². The van der Waals surface area contributed by atoms with Gasteiger partial charge in [-0.1, -0.05) is 6.07 Å². The fraction of sp³-hybridized carbons (Fsp3) is 0.214. The van der Waals surface area contributed by atoms with Gasteiger partial charge in [-0.2, -0.15) is 12.8 Å². The number of hydrogen-bond donors (Lipinski definition) is 2. The van der Waals surface area contributed by atoms with Crippen LogP contribution >= 0.6 is 11.5 Å². The molecule has 0 aliphatic heterocycles. The minimum absolute atomic E-state index is 0.0608. The lowest BCUT2D eigenvalue weighted by molar-refractivity contribution is 0.0515. The summed E-state index contributed by atoms with van der Waals surface area (Å²) in [6.07, 6.45) is 0. The van der Waals surface area contributed by atoms with Gasteiger partial charge < -0.3 is 9.47 Å². The highest BCUT2D eigenvalue weighted by molar-refractivity contribution is 7.87. The minimum Gasteiger partial charge on any atom is -0.467 e. The van der Waals surface area contributed by atoms with Crippen LogP contribution in [-0.4, -0.2) is 51.4 Å². The van der Waals surface area contributed by atoms with E-state index in [1.54, 1.807) is 23.7 Å². The van der Waals surface area contributed by atoms with Crippen LogP contribution in [0.25, 0.3) is 22.6 Å². The lowest BCUT2D eigenvalue weighted by Crippen LogP contribution is -2.14. The number of rotatable bonds is 7. The summed E-state index contributed by atoms with van der Waals surface area (Å²) in [5.74, 6) is 0.861. The lowest BCUT2D eigenvalue weighted by Gasteiger charge is -2.14. The molecule has 0 spiro atoms. The third kappa shape index (κ3) is 4.71. The molecule has 142 valence electrons. The first-order chi connectivity index (χ1) is 12.9. The molecule has 2 heterocycles.